The average Bonchev–Trinajstić information content (AvgIpc) is 2.61. The molecule has 1 fully saturated rings. The Balaban J connectivity index is 1.66. The number of hydrogen-bond acceptors (Lipinski definition) is 5. The summed E-state index contributed by atoms with van der Waals surface area (Å²) in [5, 5.41) is 3.23. The summed E-state index contributed by atoms with van der Waals surface area (Å²) < 4.78 is 0.918. The third-order valence-corrected chi connectivity index (χ3v) is 4.61. The number of anilines is 2. The Hall–Kier alpha value is -2.15. The lowest BCUT2D eigenvalue weighted by molar-refractivity contribution is 0.0746. The lowest BCUT2D eigenvalue weighted by atomic mass is 10.2. The van der Waals surface area contributed by atoms with Gasteiger partial charge in [-0.05, 0) is 32.0 Å². The summed E-state index contributed by atoms with van der Waals surface area (Å²) in [6, 6.07) is 9.47. The first kappa shape index (κ1) is 17.7. The van der Waals surface area contributed by atoms with Crippen LogP contribution in [0.15, 0.2) is 34.8 Å². The number of piperazine rings is 1. The van der Waals surface area contributed by atoms with E-state index in [1.807, 2.05) is 49.1 Å². The molecule has 1 N–H and O–H groups in total. The van der Waals surface area contributed by atoms with Crippen LogP contribution in [0.2, 0.25) is 0 Å². The van der Waals surface area contributed by atoms with E-state index in [0.717, 1.165) is 41.6 Å². The number of carbonyl (C=O) groups is 1. The number of amides is 1. The molecule has 6 nitrogen and oxygen atoms in total. The summed E-state index contributed by atoms with van der Waals surface area (Å²) in [4.78, 5) is 25.8. The van der Waals surface area contributed by atoms with Crippen LogP contribution < -0.4 is 10.2 Å². The zero-order valence-electron chi connectivity index (χ0n) is 14.5. The van der Waals surface area contributed by atoms with Gasteiger partial charge in [-0.2, -0.15) is 4.98 Å². The Morgan fingerprint density at radius 1 is 1.20 bits per heavy atom. The average molecular weight is 404 g/mol. The first-order chi connectivity index (χ1) is 12.1. The Labute approximate surface area is 156 Å². The van der Waals surface area contributed by atoms with Crippen LogP contribution >= 0.6 is 15.9 Å². The number of aromatic nitrogens is 2. The number of rotatable bonds is 4. The van der Waals surface area contributed by atoms with Gasteiger partial charge in [-0.25, -0.2) is 4.98 Å². The van der Waals surface area contributed by atoms with Gasteiger partial charge in [0, 0.05) is 54.5 Å². The van der Waals surface area contributed by atoms with Gasteiger partial charge in [-0.3, -0.25) is 4.79 Å². The Morgan fingerprint density at radius 3 is 2.64 bits per heavy atom. The highest BCUT2D eigenvalue weighted by molar-refractivity contribution is 9.10. The van der Waals surface area contributed by atoms with E-state index in [9.17, 15) is 4.79 Å². The van der Waals surface area contributed by atoms with E-state index in [2.05, 4.69) is 36.1 Å². The quantitative estimate of drug-likeness (QED) is 0.849. The van der Waals surface area contributed by atoms with E-state index in [-0.39, 0.29) is 5.91 Å². The van der Waals surface area contributed by atoms with Crippen molar-refractivity contribution in [1.82, 2.24) is 14.9 Å². The number of hydrogen-bond donors (Lipinski definition) is 1. The van der Waals surface area contributed by atoms with Gasteiger partial charge in [0.2, 0.25) is 5.95 Å². The van der Waals surface area contributed by atoms with Crippen molar-refractivity contribution in [3.63, 3.8) is 0 Å². The molecule has 0 saturated carbocycles. The van der Waals surface area contributed by atoms with E-state index >= 15 is 0 Å². The van der Waals surface area contributed by atoms with Gasteiger partial charge in [-0.1, -0.05) is 22.0 Å². The van der Waals surface area contributed by atoms with Crippen molar-refractivity contribution in [1.29, 1.82) is 0 Å². The molecule has 1 aromatic carbocycles. The molecular weight excluding hydrogens is 382 g/mol. The minimum Gasteiger partial charge on any atom is -0.370 e. The Kier molecular flexibility index (Phi) is 5.53. The van der Waals surface area contributed by atoms with Crippen molar-refractivity contribution in [2.75, 3.05) is 42.9 Å². The first-order valence-corrected chi connectivity index (χ1v) is 9.25. The standard InChI is InChI=1S/C18H22BrN5O/c1-3-20-16-11-13(2)21-18(22-16)24-9-7-23(8-10-24)17(25)14-5-4-6-15(19)12-14/h4-6,11-12H,3,7-10H2,1-2H3,(H,20,21,22). The predicted molar refractivity (Wildman–Crippen MR) is 103 cm³/mol. The number of aryl methyl sites for hydroxylation is 1. The van der Waals surface area contributed by atoms with Crippen LogP contribution in [0, 0.1) is 6.92 Å². The summed E-state index contributed by atoms with van der Waals surface area (Å²) in [6.45, 7) is 7.63. The minimum atomic E-state index is 0.0689. The lowest BCUT2D eigenvalue weighted by Gasteiger charge is -2.35. The molecule has 3 rings (SSSR count). The highest BCUT2D eigenvalue weighted by Crippen LogP contribution is 2.18. The lowest BCUT2D eigenvalue weighted by Crippen LogP contribution is -2.49. The number of halogens is 1. The van der Waals surface area contributed by atoms with E-state index in [1.54, 1.807) is 0 Å². The summed E-state index contributed by atoms with van der Waals surface area (Å²) in [5.41, 5.74) is 1.65. The van der Waals surface area contributed by atoms with E-state index in [0.29, 0.717) is 18.7 Å². The number of benzene rings is 1. The molecule has 0 atom stereocenters. The third-order valence-electron chi connectivity index (χ3n) is 4.12. The van der Waals surface area contributed by atoms with Crippen LogP contribution in [0.5, 0.6) is 0 Å². The molecular formula is C18H22BrN5O. The van der Waals surface area contributed by atoms with Crippen LogP contribution in [0.1, 0.15) is 23.0 Å². The van der Waals surface area contributed by atoms with Gasteiger partial charge in [0.05, 0.1) is 0 Å². The van der Waals surface area contributed by atoms with E-state index in [4.69, 9.17) is 0 Å². The molecule has 0 aliphatic carbocycles. The van der Waals surface area contributed by atoms with Gasteiger partial charge in [0.25, 0.3) is 5.91 Å². The van der Waals surface area contributed by atoms with Crippen LogP contribution in [0.25, 0.3) is 0 Å². The largest absolute Gasteiger partial charge is 0.370 e. The van der Waals surface area contributed by atoms with Crippen molar-refractivity contribution in [3.8, 4) is 0 Å². The highest BCUT2D eigenvalue weighted by atomic mass is 79.9. The zero-order valence-corrected chi connectivity index (χ0v) is 16.1. The SMILES string of the molecule is CCNc1cc(C)nc(N2CCN(C(=O)c3cccc(Br)c3)CC2)n1. The summed E-state index contributed by atoms with van der Waals surface area (Å²) in [7, 11) is 0. The molecule has 0 unspecified atom stereocenters. The minimum absolute atomic E-state index is 0.0689. The van der Waals surface area contributed by atoms with Crippen LogP contribution in [0.4, 0.5) is 11.8 Å². The molecule has 0 bridgehead atoms. The topological polar surface area (TPSA) is 61.4 Å². The molecule has 0 radical (unpaired) electrons. The monoisotopic (exact) mass is 403 g/mol. The van der Waals surface area contributed by atoms with Gasteiger partial charge in [0.15, 0.2) is 0 Å². The molecule has 1 aliphatic heterocycles. The summed E-state index contributed by atoms with van der Waals surface area (Å²) in [5.74, 6) is 1.64. The smallest absolute Gasteiger partial charge is 0.254 e. The second kappa shape index (κ2) is 7.82. The molecule has 132 valence electrons. The van der Waals surface area contributed by atoms with E-state index < -0.39 is 0 Å². The normalized spacial score (nSPS) is 14.5. The van der Waals surface area contributed by atoms with Crippen molar-refractivity contribution in [3.05, 3.63) is 46.1 Å². The van der Waals surface area contributed by atoms with Gasteiger partial charge in [0.1, 0.15) is 5.82 Å². The third kappa shape index (κ3) is 4.28. The molecule has 2 aromatic rings. The molecule has 1 aliphatic rings. The van der Waals surface area contributed by atoms with Crippen molar-refractivity contribution in [2.24, 2.45) is 0 Å². The Bertz CT molecular complexity index is 759. The molecule has 1 aromatic heterocycles. The van der Waals surface area contributed by atoms with Gasteiger partial charge < -0.3 is 15.1 Å². The zero-order chi connectivity index (χ0) is 17.8. The van der Waals surface area contributed by atoms with Crippen molar-refractivity contribution >= 4 is 33.6 Å². The van der Waals surface area contributed by atoms with E-state index in [1.165, 1.54) is 0 Å². The fourth-order valence-corrected chi connectivity index (χ4v) is 3.28. The van der Waals surface area contributed by atoms with Crippen molar-refractivity contribution in [2.45, 2.75) is 13.8 Å². The molecule has 7 heteroatoms. The second-order valence-corrected chi connectivity index (χ2v) is 6.93. The van der Waals surface area contributed by atoms with Crippen LogP contribution in [-0.2, 0) is 0 Å². The Morgan fingerprint density at radius 2 is 1.96 bits per heavy atom. The fraction of sp³-hybridized carbons (Fsp3) is 0.389. The first-order valence-electron chi connectivity index (χ1n) is 8.46. The van der Waals surface area contributed by atoms with Crippen LogP contribution in [-0.4, -0.2) is 53.5 Å². The molecule has 25 heavy (non-hydrogen) atoms. The molecule has 1 amide bonds. The second-order valence-electron chi connectivity index (χ2n) is 6.01. The maximum atomic E-state index is 12.6. The summed E-state index contributed by atoms with van der Waals surface area (Å²) >= 11 is 3.42. The molecule has 0 spiro atoms. The number of carbonyl (C=O) groups excluding carboxylic acids is 1. The predicted octanol–water partition coefficient (Wildman–Crippen LogP) is 2.94. The summed E-state index contributed by atoms with van der Waals surface area (Å²) in [6.07, 6.45) is 0. The maximum Gasteiger partial charge on any atom is 0.254 e. The number of nitrogens with one attached hydrogen (secondary N) is 1. The molecule has 1 saturated heterocycles. The molecule has 2 heterocycles. The maximum absolute atomic E-state index is 12.6. The van der Waals surface area contributed by atoms with Crippen LogP contribution in [0.3, 0.4) is 0 Å². The highest BCUT2D eigenvalue weighted by Gasteiger charge is 2.24. The number of nitrogens with zero attached hydrogens (tertiary/aromatic N) is 4. The van der Waals surface area contributed by atoms with Crippen molar-refractivity contribution < 1.29 is 4.79 Å². The fourth-order valence-electron chi connectivity index (χ4n) is 2.88. The van der Waals surface area contributed by atoms with Gasteiger partial charge >= 0.3 is 0 Å². The van der Waals surface area contributed by atoms with Gasteiger partial charge in [-0.15, -0.1) is 0 Å².